The zero-order valence-electron chi connectivity index (χ0n) is 12.7. The van der Waals surface area contributed by atoms with Crippen LogP contribution in [0.25, 0.3) is 0 Å². The highest BCUT2D eigenvalue weighted by Gasteiger charge is 2.25. The number of hydrogen-bond acceptors (Lipinski definition) is 3. The molecule has 0 spiro atoms. The number of benzene rings is 1. The van der Waals surface area contributed by atoms with Gasteiger partial charge in [0.05, 0.1) is 6.10 Å². The van der Waals surface area contributed by atoms with E-state index in [1.54, 1.807) is 4.90 Å². The molecule has 2 N–H and O–H groups in total. The fraction of sp³-hybridized carbons (Fsp3) is 0.562. The number of rotatable bonds is 5. The molecule has 0 saturated carbocycles. The van der Waals surface area contributed by atoms with Gasteiger partial charge in [0.2, 0.25) is 0 Å². The molecular weight excluding hydrogens is 268 g/mol. The lowest BCUT2D eigenvalue weighted by Crippen LogP contribution is -2.33. The van der Waals surface area contributed by atoms with Crippen LogP contribution in [0.15, 0.2) is 24.3 Å². The van der Waals surface area contributed by atoms with E-state index >= 15 is 0 Å². The van der Waals surface area contributed by atoms with Crippen molar-refractivity contribution in [2.45, 2.75) is 32.8 Å². The Labute approximate surface area is 125 Å². The van der Waals surface area contributed by atoms with Crippen molar-refractivity contribution in [2.24, 2.45) is 5.92 Å². The van der Waals surface area contributed by atoms with Crippen molar-refractivity contribution in [1.82, 2.24) is 4.90 Å². The summed E-state index contributed by atoms with van der Waals surface area (Å²) in [4.78, 5) is 13.8. The predicted molar refractivity (Wildman–Crippen MR) is 82.6 cm³/mol. The van der Waals surface area contributed by atoms with Crippen molar-refractivity contribution in [2.75, 3.05) is 25.0 Å². The lowest BCUT2D eigenvalue weighted by Gasteiger charge is -2.17. The maximum absolute atomic E-state index is 12.1. The third-order valence-electron chi connectivity index (χ3n) is 3.85. The maximum Gasteiger partial charge on any atom is 0.321 e. The minimum atomic E-state index is -0.110. The van der Waals surface area contributed by atoms with Crippen molar-refractivity contribution in [3.05, 3.63) is 24.3 Å². The largest absolute Gasteiger partial charge is 0.491 e. The molecule has 1 aliphatic rings. The normalized spacial score (nSPS) is 19.4. The summed E-state index contributed by atoms with van der Waals surface area (Å²) < 4.78 is 5.70. The Balaban J connectivity index is 1.87. The third kappa shape index (κ3) is 4.36. The summed E-state index contributed by atoms with van der Waals surface area (Å²) >= 11 is 0. The average molecular weight is 292 g/mol. The number of urea groups is 1. The Morgan fingerprint density at radius 2 is 2.19 bits per heavy atom. The van der Waals surface area contributed by atoms with E-state index in [-0.39, 0.29) is 24.7 Å². The molecule has 0 radical (unpaired) electrons. The maximum atomic E-state index is 12.1. The molecule has 0 aromatic heterocycles. The van der Waals surface area contributed by atoms with E-state index in [9.17, 15) is 4.79 Å². The Hall–Kier alpha value is -1.75. The first-order valence-electron chi connectivity index (χ1n) is 7.56. The van der Waals surface area contributed by atoms with Crippen LogP contribution in [0, 0.1) is 5.92 Å². The molecular formula is C16H24N2O3. The van der Waals surface area contributed by atoms with Gasteiger partial charge in [-0.15, -0.1) is 0 Å². The van der Waals surface area contributed by atoms with Gasteiger partial charge in [0.25, 0.3) is 0 Å². The third-order valence-corrected chi connectivity index (χ3v) is 3.85. The standard InChI is InChI=1S/C16H24N2O3/c1-3-12(2)21-15-6-4-14(5-7-15)17-16(20)18-9-8-13(10-18)11-19/h4-7,12-13,19H,3,8-11H2,1-2H3,(H,17,20). The molecule has 21 heavy (non-hydrogen) atoms. The van der Waals surface area contributed by atoms with Crippen molar-refractivity contribution in [1.29, 1.82) is 0 Å². The number of ether oxygens (including phenoxy) is 1. The van der Waals surface area contributed by atoms with Gasteiger partial charge >= 0.3 is 6.03 Å². The van der Waals surface area contributed by atoms with Gasteiger partial charge in [0.1, 0.15) is 5.75 Å². The van der Waals surface area contributed by atoms with Gasteiger partial charge in [-0.1, -0.05) is 6.92 Å². The molecule has 5 nitrogen and oxygen atoms in total. The van der Waals surface area contributed by atoms with Crippen molar-refractivity contribution in [3.8, 4) is 5.75 Å². The highest BCUT2D eigenvalue weighted by molar-refractivity contribution is 5.89. The Morgan fingerprint density at radius 3 is 2.76 bits per heavy atom. The summed E-state index contributed by atoms with van der Waals surface area (Å²) in [6.45, 7) is 5.57. The van der Waals surface area contributed by atoms with E-state index in [0.29, 0.717) is 13.1 Å². The fourth-order valence-corrected chi connectivity index (χ4v) is 2.30. The molecule has 2 amide bonds. The number of carbonyl (C=O) groups excluding carboxylic acids is 1. The van der Waals surface area contributed by atoms with E-state index in [0.717, 1.165) is 24.3 Å². The highest BCUT2D eigenvalue weighted by Crippen LogP contribution is 2.20. The molecule has 116 valence electrons. The van der Waals surface area contributed by atoms with Crippen LogP contribution < -0.4 is 10.1 Å². The van der Waals surface area contributed by atoms with Gasteiger partial charge in [-0.3, -0.25) is 0 Å². The molecule has 1 aromatic carbocycles. The zero-order valence-corrected chi connectivity index (χ0v) is 12.7. The fourth-order valence-electron chi connectivity index (χ4n) is 2.30. The number of carbonyl (C=O) groups is 1. The second kappa shape index (κ2) is 7.31. The molecule has 2 unspecified atom stereocenters. The van der Waals surface area contributed by atoms with Gasteiger partial charge in [0.15, 0.2) is 0 Å². The monoisotopic (exact) mass is 292 g/mol. The lowest BCUT2D eigenvalue weighted by molar-refractivity contribution is 0.208. The number of nitrogens with zero attached hydrogens (tertiary/aromatic N) is 1. The van der Waals surface area contributed by atoms with Crippen molar-refractivity contribution >= 4 is 11.7 Å². The number of nitrogens with one attached hydrogen (secondary N) is 1. The topological polar surface area (TPSA) is 61.8 Å². The first-order chi connectivity index (χ1) is 10.1. The average Bonchev–Trinajstić information content (AvgIpc) is 2.98. The van der Waals surface area contributed by atoms with E-state index < -0.39 is 0 Å². The summed E-state index contributed by atoms with van der Waals surface area (Å²) in [5.41, 5.74) is 0.754. The van der Waals surface area contributed by atoms with E-state index in [1.807, 2.05) is 31.2 Å². The summed E-state index contributed by atoms with van der Waals surface area (Å²) in [6.07, 6.45) is 2.01. The van der Waals surface area contributed by atoms with Gasteiger partial charge in [0, 0.05) is 31.3 Å². The van der Waals surface area contributed by atoms with Gasteiger partial charge in [-0.2, -0.15) is 0 Å². The zero-order chi connectivity index (χ0) is 15.2. The minimum Gasteiger partial charge on any atom is -0.491 e. The van der Waals surface area contributed by atoms with Gasteiger partial charge in [-0.25, -0.2) is 4.79 Å². The Bertz CT molecular complexity index is 461. The SMILES string of the molecule is CCC(C)Oc1ccc(NC(=O)N2CCC(CO)C2)cc1. The molecule has 5 heteroatoms. The quantitative estimate of drug-likeness (QED) is 0.877. The molecule has 0 bridgehead atoms. The van der Waals surface area contributed by atoms with Gasteiger partial charge < -0.3 is 20.1 Å². The van der Waals surface area contributed by atoms with Crippen LogP contribution in [0.3, 0.4) is 0 Å². The minimum absolute atomic E-state index is 0.110. The van der Waals surface area contributed by atoms with Crippen molar-refractivity contribution < 1.29 is 14.6 Å². The molecule has 2 atom stereocenters. The Morgan fingerprint density at radius 1 is 1.48 bits per heavy atom. The van der Waals surface area contributed by atoms with Crippen LogP contribution in [0.1, 0.15) is 26.7 Å². The molecule has 1 aliphatic heterocycles. The van der Waals surface area contributed by atoms with Gasteiger partial charge in [-0.05, 0) is 44.0 Å². The second-order valence-electron chi connectivity index (χ2n) is 5.57. The molecule has 1 saturated heterocycles. The molecule has 1 fully saturated rings. The lowest BCUT2D eigenvalue weighted by atomic mass is 10.1. The first kappa shape index (κ1) is 15.6. The molecule has 2 rings (SSSR count). The van der Waals surface area contributed by atoms with Crippen LogP contribution >= 0.6 is 0 Å². The molecule has 1 aromatic rings. The van der Waals surface area contributed by atoms with Crippen LogP contribution in [0.4, 0.5) is 10.5 Å². The number of hydrogen-bond donors (Lipinski definition) is 2. The van der Waals surface area contributed by atoms with Crippen LogP contribution in [0.5, 0.6) is 5.75 Å². The van der Waals surface area contributed by atoms with E-state index in [2.05, 4.69) is 12.2 Å². The van der Waals surface area contributed by atoms with Crippen LogP contribution in [0.2, 0.25) is 0 Å². The summed E-state index contributed by atoms with van der Waals surface area (Å²) in [6, 6.07) is 7.30. The number of anilines is 1. The number of likely N-dealkylation sites (tertiary alicyclic amines) is 1. The van der Waals surface area contributed by atoms with Crippen LogP contribution in [-0.4, -0.2) is 41.8 Å². The number of amides is 2. The number of aliphatic hydroxyl groups excluding tert-OH is 1. The summed E-state index contributed by atoms with van der Waals surface area (Å²) in [5, 5.41) is 12.0. The molecule has 0 aliphatic carbocycles. The highest BCUT2D eigenvalue weighted by atomic mass is 16.5. The first-order valence-corrected chi connectivity index (χ1v) is 7.56. The predicted octanol–water partition coefficient (Wildman–Crippen LogP) is 2.71. The molecule has 1 heterocycles. The van der Waals surface area contributed by atoms with E-state index in [4.69, 9.17) is 9.84 Å². The van der Waals surface area contributed by atoms with Crippen molar-refractivity contribution in [3.63, 3.8) is 0 Å². The van der Waals surface area contributed by atoms with E-state index in [1.165, 1.54) is 0 Å². The second-order valence-corrected chi connectivity index (χ2v) is 5.57. The summed E-state index contributed by atoms with van der Waals surface area (Å²) in [5.74, 6) is 1.02. The summed E-state index contributed by atoms with van der Waals surface area (Å²) in [7, 11) is 0. The smallest absolute Gasteiger partial charge is 0.321 e. The number of aliphatic hydroxyl groups is 1. The Kier molecular flexibility index (Phi) is 5.44. The van der Waals surface area contributed by atoms with Crippen LogP contribution in [-0.2, 0) is 0 Å².